The van der Waals surface area contributed by atoms with Crippen LogP contribution < -0.4 is 0 Å². The van der Waals surface area contributed by atoms with E-state index in [1.165, 1.54) is 16.7 Å². The molecule has 38 heavy (non-hydrogen) atoms. The molecule has 212 valence electrons. The summed E-state index contributed by atoms with van der Waals surface area (Å²) >= 11 is 0. The lowest BCUT2D eigenvalue weighted by atomic mass is 9.44. The van der Waals surface area contributed by atoms with Gasteiger partial charge in [0.15, 0.2) is 5.78 Å². The molecule has 3 nitrogen and oxygen atoms in total. The molecule has 1 N–H and O–H groups in total. The Hall–Kier alpha value is -2.16. The second kappa shape index (κ2) is 13.3. The Kier molecular flexibility index (Phi) is 11.2. The van der Waals surface area contributed by atoms with Crippen molar-refractivity contribution in [3.05, 3.63) is 57.9 Å². The third-order valence-corrected chi connectivity index (χ3v) is 8.91. The highest BCUT2D eigenvalue weighted by Gasteiger charge is 2.65. The SMILES string of the molecule is CC[C@@H](C)C(=O)[C@@]12C[C@](CC=C(C)C)(C[C@H](CC=C(C)C)[C@H]1CCC=C(C)C)C(O)=C(CC=C(C)C)C2=O. The van der Waals surface area contributed by atoms with Crippen molar-refractivity contribution in [3.63, 3.8) is 0 Å². The Balaban J connectivity index is 2.91. The molecule has 1 fully saturated rings. The largest absolute Gasteiger partial charge is 0.511 e. The van der Waals surface area contributed by atoms with Gasteiger partial charge in [0.25, 0.3) is 0 Å². The summed E-state index contributed by atoms with van der Waals surface area (Å²) in [6.45, 7) is 20.7. The molecular weight excluding hydrogens is 468 g/mol. The van der Waals surface area contributed by atoms with E-state index in [1.807, 2.05) is 33.8 Å². The minimum Gasteiger partial charge on any atom is -0.511 e. The number of aliphatic hydroxyl groups excluding tert-OH is 1. The molecule has 0 unspecified atom stereocenters. The van der Waals surface area contributed by atoms with E-state index in [-0.39, 0.29) is 35.1 Å². The number of carbonyl (C=O) groups is 2. The van der Waals surface area contributed by atoms with Crippen LogP contribution in [0.3, 0.4) is 0 Å². The summed E-state index contributed by atoms with van der Waals surface area (Å²) in [4.78, 5) is 29.2. The molecule has 1 saturated carbocycles. The minimum absolute atomic E-state index is 0.0441. The molecule has 2 aliphatic carbocycles. The number of carbonyl (C=O) groups excluding carboxylic acids is 2. The first-order chi connectivity index (χ1) is 17.7. The van der Waals surface area contributed by atoms with Gasteiger partial charge in [0.1, 0.15) is 11.5 Å². The van der Waals surface area contributed by atoms with Gasteiger partial charge in [-0.25, -0.2) is 0 Å². The van der Waals surface area contributed by atoms with Gasteiger partial charge in [-0.15, -0.1) is 0 Å². The summed E-state index contributed by atoms with van der Waals surface area (Å²) in [5, 5.41) is 11.9. The maximum absolute atomic E-state index is 14.7. The van der Waals surface area contributed by atoms with Crippen LogP contribution in [0.1, 0.15) is 121 Å². The number of fused-ring (bicyclic) bond motifs is 2. The van der Waals surface area contributed by atoms with Crippen LogP contribution >= 0.6 is 0 Å². The Morgan fingerprint density at radius 1 is 0.947 bits per heavy atom. The molecule has 0 heterocycles. The Labute approximate surface area is 233 Å². The van der Waals surface area contributed by atoms with E-state index in [0.717, 1.165) is 31.3 Å². The van der Waals surface area contributed by atoms with Gasteiger partial charge >= 0.3 is 0 Å². The number of allylic oxidation sites excluding steroid dienone is 10. The smallest absolute Gasteiger partial charge is 0.176 e. The Morgan fingerprint density at radius 3 is 2.05 bits per heavy atom. The fourth-order valence-corrected chi connectivity index (χ4v) is 6.73. The zero-order valence-electron chi connectivity index (χ0n) is 26.0. The summed E-state index contributed by atoms with van der Waals surface area (Å²) < 4.78 is 0. The number of ketones is 2. The molecule has 2 rings (SSSR count). The highest BCUT2D eigenvalue weighted by Crippen LogP contribution is 2.64. The van der Waals surface area contributed by atoms with Gasteiger partial charge in [0, 0.05) is 16.9 Å². The van der Waals surface area contributed by atoms with Gasteiger partial charge in [-0.2, -0.15) is 0 Å². The van der Waals surface area contributed by atoms with Crippen LogP contribution in [0.25, 0.3) is 0 Å². The monoisotopic (exact) mass is 522 g/mol. The highest BCUT2D eigenvalue weighted by atomic mass is 16.3. The van der Waals surface area contributed by atoms with Crippen LogP contribution in [0.2, 0.25) is 0 Å². The molecule has 0 amide bonds. The van der Waals surface area contributed by atoms with Crippen molar-refractivity contribution in [2.75, 3.05) is 0 Å². The topological polar surface area (TPSA) is 54.4 Å². The summed E-state index contributed by atoms with van der Waals surface area (Å²) in [7, 11) is 0. The molecule has 2 bridgehead atoms. The molecule has 2 aliphatic rings. The maximum Gasteiger partial charge on any atom is 0.176 e. The summed E-state index contributed by atoms with van der Waals surface area (Å²) in [5.74, 6) is 0.150. The van der Waals surface area contributed by atoms with Gasteiger partial charge < -0.3 is 5.11 Å². The van der Waals surface area contributed by atoms with Crippen molar-refractivity contribution in [1.82, 2.24) is 0 Å². The lowest BCUT2D eigenvalue weighted by Gasteiger charge is -2.57. The lowest BCUT2D eigenvalue weighted by Crippen LogP contribution is -2.60. The molecule has 0 spiro atoms. The number of rotatable bonds is 12. The van der Waals surface area contributed by atoms with Crippen LogP contribution in [0, 0.1) is 28.6 Å². The van der Waals surface area contributed by atoms with Crippen LogP contribution in [0.4, 0.5) is 0 Å². The van der Waals surface area contributed by atoms with Gasteiger partial charge in [-0.3, -0.25) is 9.59 Å². The zero-order chi connectivity index (χ0) is 28.8. The maximum atomic E-state index is 14.7. The average Bonchev–Trinajstić information content (AvgIpc) is 2.84. The van der Waals surface area contributed by atoms with Gasteiger partial charge in [0.05, 0.1) is 5.41 Å². The van der Waals surface area contributed by atoms with Crippen molar-refractivity contribution in [3.8, 4) is 0 Å². The molecule has 5 atom stereocenters. The second-order valence-electron chi connectivity index (χ2n) is 13.2. The first-order valence-electron chi connectivity index (χ1n) is 14.8. The molecule has 0 radical (unpaired) electrons. The van der Waals surface area contributed by atoms with Gasteiger partial charge in [-0.05, 0) is 119 Å². The van der Waals surface area contributed by atoms with Crippen molar-refractivity contribution >= 4 is 11.6 Å². The van der Waals surface area contributed by atoms with Crippen molar-refractivity contribution in [2.45, 2.75) is 121 Å². The zero-order valence-corrected chi connectivity index (χ0v) is 26.0. The van der Waals surface area contributed by atoms with Crippen LogP contribution in [0.15, 0.2) is 57.9 Å². The summed E-state index contributed by atoms with van der Waals surface area (Å²) in [6.07, 6.45) is 14.2. The van der Waals surface area contributed by atoms with Crippen LogP contribution in [-0.4, -0.2) is 16.7 Å². The molecule has 0 aromatic carbocycles. The minimum atomic E-state index is -1.09. The predicted molar refractivity (Wildman–Crippen MR) is 161 cm³/mol. The van der Waals surface area contributed by atoms with Gasteiger partial charge in [0.2, 0.25) is 0 Å². The summed E-state index contributed by atoms with van der Waals surface area (Å²) in [6, 6.07) is 0. The molecule has 0 aliphatic heterocycles. The quantitative estimate of drug-likeness (QED) is 0.205. The number of hydrogen-bond acceptors (Lipinski definition) is 3. The number of hydrogen-bond donors (Lipinski definition) is 1. The fourth-order valence-electron chi connectivity index (χ4n) is 6.73. The van der Waals surface area contributed by atoms with Crippen LogP contribution in [-0.2, 0) is 9.59 Å². The number of Topliss-reactive ketones (excluding diaryl/α,β-unsaturated/α-hetero) is 2. The summed E-state index contributed by atoms with van der Waals surface area (Å²) in [5.41, 5.74) is 3.61. The Bertz CT molecular complexity index is 1030. The number of aliphatic hydroxyl groups is 1. The first kappa shape index (κ1) is 32.1. The van der Waals surface area contributed by atoms with Gasteiger partial charge in [-0.1, -0.05) is 60.4 Å². The fraction of sp³-hybridized carbons (Fsp3) is 0.657. The Morgan fingerprint density at radius 2 is 1.53 bits per heavy atom. The van der Waals surface area contributed by atoms with E-state index in [1.54, 1.807) is 0 Å². The van der Waals surface area contributed by atoms with Crippen molar-refractivity contribution in [1.29, 1.82) is 0 Å². The lowest BCUT2D eigenvalue weighted by molar-refractivity contribution is -0.159. The van der Waals surface area contributed by atoms with E-state index in [2.05, 4.69) is 59.8 Å². The van der Waals surface area contributed by atoms with E-state index in [9.17, 15) is 14.7 Å². The molecule has 0 saturated heterocycles. The predicted octanol–water partition coefficient (Wildman–Crippen LogP) is 9.81. The highest BCUT2D eigenvalue weighted by molar-refractivity contribution is 6.16. The van der Waals surface area contributed by atoms with Crippen molar-refractivity contribution in [2.24, 2.45) is 28.6 Å². The van der Waals surface area contributed by atoms with E-state index >= 15 is 0 Å². The normalized spacial score (nSPS) is 27.4. The van der Waals surface area contributed by atoms with E-state index in [0.29, 0.717) is 31.3 Å². The van der Waals surface area contributed by atoms with Crippen LogP contribution in [0.5, 0.6) is 0 Å². The first-order valence-corrected chi connectivity index (χ1v) is 14.8. The molecule has 3 heteroatoms. The second-order valence-corrected chi connectivity index (χ2v) is 13.2. The third kappa shape index (κ3) is 6.88. The molecular formula is C35H54O3. The molecule has 0 aromatic rings. The standard InChI is InChI=1S/C35H54O3/c1-11-27(10)31(36)35-22-34(20-19-26(8)9,32(37)29(33(35)38)18-16-25(6)7)21-28(17-15-24(4)5)30(35)14-12-13-23(2)3/h13,15-16,19,27-28,30,37H,11-12,14,17-18,20-22H2,1-10H3/t27-,28+,30-,34+,35-/m1/s1. The van der Waals surface area contributed by atoms with E-state index in [4.69, 9.17) is 0 Å². The van der Waals surface area contributed by atoms with Crippen molar-refractivity contribution < 1.29 is 14.7 Å². The van der Waals surface area contributed by atoms with E-state index < -0.39 is 10.8 Å². The molecule has 0 aromatic heterocycles. The third-order valence-electron chi connectivity index (χ3n) is 8.91. The average molecular weight is 523 g/mol.